The second-order valence-electron chi connectivity index (χ2n) is 3.54. The topological polar surface area (TPSA) is 12.0 Å². The van der Waals surface area contributed by atoms with E-state index in [1.54, 1.807) is 0 Å². The molecule has 3 heteroatoms. The highest BCUT2D eigenvalue weighted by Crippen LogP contribution is 2.31. The standard InChI is InChI=1S/C10H14BrNS/c1-2-8(12-7-3-4-7)9-5-6-10(11)13-9/h5-8,12H,2-4H2,1H3. The Bertz CT molecular complexity index is 280. The fourth-order valence-corrected chi connectivity index (χ4v) is 3.02. The SMILES string of the molecule is CCC(NC1CC1)c1ccc(Br)s1. The van der Waals surface area contributed by atoms with Crippen LogP contribution in [0.2, 0.25) is 0 Å². The van der Waals surface area contributed by atoms with Gasteiger partial charge >= 0.3 is 0 Å². The van der Waals surface area contributed by atoms with Crippen LogP contribution in [0.15, 0.2) is 15.9 Å². The molecule has 1 aliphatic carbocycles. The highest BCUT2D eigenvalue weighted by molar-refractivity contribution is 9.11. The van der Waals surface area contributed by atoms with Crippen LogP contribution in [0.4, 0.5) is 0 Å². The fraction of sp³-hybridized carbons (Fsp3) is 0.600. The molecule has 1 unspecified atom stereocenters. The van der Waals surface area contributed by atoms with Crippen LogP contribution in [0.5, 0.6) is 0 Å². The lowest BCUT2D eigenvalue weighted by Gasteiger charge is -2.14. The third-order valence-electron chi connectivity index (χ3n) is 2.36. The largest absolute Gasteiger partial charge is 0.306 e. The minimum absolute atomic E-state index is 0.573. The van der Waals surface area contributed by atoms with E-state index in [0.29, 0.717) is 6.04 Å². The number of halogens is 1. The fourth-order valence-electron chi connectivity index (χ4n) is 1.45. The molecule has 1 heterocycles. The Labute approximate surface area is 91.7 Å². The third-order valence-corrected chi connectivity index (χ3v) is 4.10. The van der Waals surface area contributed by atoms with Gasteiger partial charge in [-0.3, -0.25) is 0 Å². The minimum Gasteiger partial charge on any atom is -0.306 e. The van der Waals surface area contributed by atoms with Crippen LogP contribution >= 0.6 is 27.3 Å². The van der Waals surface area contributed by atoms with Crippen molar-refractivity contribution >= 4 is 27.3 Å². The molecule has 1 saturated carbocycles. The Morgan fingerprint density at radius 2 is 2.38 bits per heavy atom. The maximum atomic E-state index is 3.66. The number of thiophene rings is 1. The first-order valence-corrected chi connectivity index (χ1v) is 6.42. The Morgan fingerprint density at radius 3 is 2.85 bits per heavy atom. The van der Waals surface area contributed by atoms with Crippen LogP contribution in [-0.4, -0.2) is 6.04 Å². The van der Waals surface area contributed by atoms with Crippen molar-refractivity contribution in [2.24, 2.45) is 0 Å². The van der Waals surface area contributed by atoms with Gasteiger partial charge in [0.1, 0.15) is 0 Å². The van der Waals surface area contributed by atoms with Gasteiger partial charge in [-0.25, -0.2) is 0 Å². The summed E-state index contributed by atoms with van der Waals surface area (Å²) in [6.45, 7) is 2.24. The number of hydrogen-bond acceptors (Lipinski definition) is 2. The molecular weight excluding hydrogens is 246 g/mol. The quantitative estimate of drug-likeness (QED) is 0.870. The first kappa shape index (κ1) is 9.69. The van der Waals surface area contributed by atoms with Crippen molar-refractivity contribution in [3.63, 3.8) is 0 Å². The van der Waals surface area contributed by atoms with Crippen LogP contribution in [0.1, 0.15) is 37.1 Å². The molecule has 1 atom stereocenters. The number of nitrogens with one attached hydrogen (secondary N) is 1. The summed E-state index contributed by atoms with van der Waals surface area (Å²) in [6.07, 6.45) is 3.91. The second-order valence-corrected chi connectivity index (χ2v) is 6.04. The summed E-state index contributed by atoms with van der Waals surface area (Å²) < 4.78 is 1.23. The molecule has 1 fully saturated rings. The number of rotatable bonds is 4. The van der Waals surface area contributed by atoms with E-state index in [2.05, 4.69) is 40.3 Å². The van der Waals surface area contributed by atoms with Crippen LogP contribution in [0.3, 0.4) is 0 Å². The summed E-state index contributed by atoms with van der Waals surface area (Å²) in [5, 5.41) is 3.66. The molecule has 1 N–H and O–H groups in total. The number of hydrogen-bond donors (Lipinski definition) is 1. The zero-order valence-electron chi connectivity index (χ0n) is 7.72. The van der Waals surface area contributed by atoms with Crippen molar-refractivity contribution < 1.29 is 0 Å². The van der Waals surface area contributed by atoms with Crippen LogP contribution in [-0.2, 0) is 0 Å². The van der Waals surface area contributed by atoms with Gasteiger partial charge in [0.05, 0.1) is 3.79 Å². The van der Waals surface area contributed by atoms with Gasteiger partial charge < -0.3 is 5.32 Å². The van der Waals surface area contributed by atoms with Gasteiger partial charge in [-0.1, -0.05) is 6.92 Å². The molecule has 1 nitrogen and oxygen atoms in total. The molecule has 0 saturated heterocycles. The van der Waals surface area contributed by atoms with E-state index in [-0.39, 0.29) is 0 Å². The van der Waals surface area contributed by atoms with Crippen molar-refractivity contribution in [3.05, 3.63) is 20.8 Å². The maximum absolute atomic E-state index is 3.66. The Balaban J connectivity index is 2.01. The molecule has 1 aliphatic rings. The Hall–Kier alpha value is 0.140. The molecule has 1 aromatic heterocycles. The van der Waals surface area contributed by atoms with E-state index >= 15 is 0 Å². The summed E-state index contributed by atoms with van der Waals surface area (Å²) in [4.78, 5) is 1.46. The first-order valence-electron chi connectivity index (χ1n) is 4.81. The molecule has 13 heavy (non-hydrogen) atoms. The molecule has 0 aromatic carbocycles. The van der Waals surface area contributed by atoms with E-state index in [0.717, 1.165) is 6.04 Å². The molecule has 0 radical (unpaired) electrons. The van der Waals surface area contributed by atoms with Crippen LogP contribution < -0.4 is 5.32 Å². The van der Waals surface area contributed by atoms with Gasteiger partial charge in [-0.15, -0.1) is 11.3 Å². The molecule has 0 amide bonds. The van der Waals surface area contributed by atoms with Crippen molar-refractivity contribution in [1.29, 1.82) is 0 Å². The normalized spacial score (nSPS) is 18.9. The van der Waals surface area contributed by atoms with Gasteiger partial charge in [-0.05, 0) is 47.3 Å². The van der Waals surface area contributed by atoms with E-state index in [9.17, 15) is 0 Å². The lowest BCUT2D eigenvalue weighted by molar-refractivity contribution is 0.524. The molecule has 0 spiro atoms. The summed E-state index contributed by atoms with van der Waals surface area (Å²) >= 11 is 5.35. The lowest BCUT2D eigenvalue weighted by atomic mass is 10.2. The molecule has 72 valence electrons. The van der Waals surface area contributed by atoms with E-state index in [4.69, 9.17) is 0 Å². The van der Waals surface area contributed by atoms with Gasteiger partial charge in [0, 0.05) is 17.0 Å². The van der Waals surface area contributed by atoms with Gasteiger partial charge in [0.2, 0.25) is 0 Å². The minimum atomic E-state index is 0.573. The molecule has 0 bridgehead atoms. The summed E-state index contributed by atoms with van der Waals surface area (Å²) in [5.41, 5.74) is 0. The zero-order chi connectivity index (χ0) is 9.26. The van der Waals surface area contributed by atoms with Crippen molar-refractivity contribution in [2.75, 3.05) is 0 Å². The summed E-state index contributed by atoms with van der Waals surface area (Å²) in [6, 6.07) is 5.73. The average Bonchev–Trinajstić information content (AvgIpc) is 2.84. The van der Waals surface area contributed by atoms with Crippen molar-refractivity contribution in [1.82, 2.24) is 5.32 Å². The maximum Gasteiger partial charge on any atom is 0.0701 e. The van der Waals surface area contributed by atoms with Crippen molar-refractivity contribution in [3.8, 4) is 0 Å². The zero-order valence-corrected chi connectivity index (χ0v) is 10.1. The highest BCUT2D eigenvalue weighted by Gasteiger charge is 2.24. The van der Waals surface area contributed by atoms with Gasteiger partial charge in [0.25, 0.3) is 0 Å². The molecule has 0 aliphatic heterocycles. The van der Waals surface area contributed by atoms with Gasteiger partial charge in [-0.2, -0.15) is 0 Å². The van der Waals surface area contributed by atoms with Gasteiger partial charge in [0.15, 0.2) is 0 Å². The third kappa shape index (κ3) is 2.55. The average molecular weight is 260 g/mol. The highest BCUT2D eigenvalue weighted by atomic mass is 79.9. The summed E-state index contributed by atoms with van der Waals surface area (Å²) in [5.74, 6) is 0. The predicted molar refractivity (Wildman–Crippen MR) is 61.2 cm³/mol. The van der Waals surface area contributed by atoms with E-state index < -0.39 is 0 Å². The van der Waals surface area contributed by atoms with E-state index in [1.807, 2.05) is 11.3 Å². The second kappa shape index (κ2) is 4.11. The monoisotopic (exact) mass is 259 g/mol. The lowest BCUT2D eigenvalue weighted by Crippen LogP contribution is -2.21. The summed E-state index contributed by atoms with van der Waals surface area (Å²) in [7, 11) is 0. The Morgan fingerprint density at radius 1 is 1.62 bits per heavy atom. The first-order chi connectivity index (χ1) is 6.29. The molecular formula is C10H14BrNS. The Kier molecular flexibility index (Phi) is 3.06. The molecule has 2 rings (SSSR count). The predicted octanol–water partition coefficient (Wildman–Crippen LogP) is 3.71. The van der Waals surface area contributed by atoms with Crippen LogP contribution in [0.25, 0.3) is 0 Å². The molecule has 1 aromatic rings. The van der Waals surface area contributed by atoms with Crippen molar-refractivity contribution in [2.45, 2.75) is 38.3 Å². The van der Waals surface area contributed by atoms with E-state index in [1.165, 1.54) is 27.9 Å². The van der Waals surface area contributed by atoms with Crippen LogP contribution in [0, 0.1) is 0 Å². The smallest absolute Gasteiger partial charge is 0.0701 e.